The molecule has 0 N–H and O–H groups in total. The van der Waals surface area contributed by atoms with Crippen LogP contribution in [0.3, 0.4) is 0 Å². The highest BCUT2D eigenvalue weighted by Crippen LogP contribution is 2.60. The van der Waals surface area contributed by atoms with Crippen molar-refractivity contribution in [3.8, 4) is 0 Å². The van der Waals surface area contributed by atoms with Gasteiger partial charge in [0.25, 0.3) is 0 Å². The van der Waals surface area contributed by atoms with Crippen molar-refractivity contribution in [1.82, 2.24) is 0 Å². The van der Waals surface area contributed by atoms with Crippen LogP contribution >= 0.6 is 0 Å². The Kier molecular flexibility index (Phi) is 4.43. The number of hydrogen-bond acceptors (Lipinski definition) is 6. The molecule has 0 spiro atoms. The van der Waals surface area contributed by atoms with Crippen molar-refractivity contribution in [2.24, 2.45) is 11.8 Å². The quantitative estimate of drug-likeness (QED) is 0.541. The molecule has 9 heteroatoms. The lowest BCUT2D eigenvalue weighted by atomic mass is 9.66. The van der Waals surface area contributed by atoms with Crippen molar-refractivity contribution in [1.29, 1.82) is 0 Å². The molecule has 0 aromatic carbocycles. The number of esters is 2. The van der Waals surface area contributed by atoms with Gasteiger partial charge in [-0.25, -0.2) is 4.79 Å². The van der Waals surface area contributed by atoms with Gasteiger partial charge in [-0.2, -0.15) is 13.2 Å². The molecule has 3 aliphatic rings. The van der Waals surface area contributed by atoms with Crippen LogP contribution in [0, 0.1) is 11.8 Å². The maximum Gasteiger partial charge on any atom is 0.422 e. The van der Waals surface area contributed by atoms with Crippen LogP contribution in [0.1, 0.15) is 34.6 Å². The van der Waals surface area contributed by atoms with Gasteiger partial charge in [-0.05, 0) is 27.7 Å². The van der Waals surface area contributed by atoms with Crippen molar-refractivity contribution in [3.05, 3.63) is 12.2 Å². The molecular weight excluding hydrogens is 369 g/mol. The van der Waals surface area contributed by atoms with Crippen LogP contribution in [-0.4, -0.2) is 53.7 Å². The molecule has 6 nitrogen and oxygen atoms in total. The minimum atomic E-state index is -4.88. The summed E-state index contributed by atoms with van der Waals surface area (Å²) in [5, 5.41) is 0. The smallest absolute Gasteiger partial charge is 0.422 e. The van der Waals surface area contributed by atoms with Crippen LogP contribution in [0.2, 0.25) is 0 Å². The molecule has 6 atom stereocenters. The van der Waals surface area contributed by atoms with Crippen molar-refractivity contribution in [2.45, 2.75) is 76.4 Å². The van der Waals surface area contributed by atoms with E-state index in [0.717, 1.165) is 0 Å². The molecule has 3 heterocycles. The molecule has 3 saturated heterocycles. The maximum absolute atomic E-state index is 12.8. The first kappa shape index (κ1) is 20.1. The second-order valence-corrected chi connectivity index (χ2v) is 8.35. The van der Waals surface area contributed by atoms with Gasteiger partial charge in [0.2, 0.25) is 0 Å². The SMILES string of the molecule is C=C(C(=O)OC1C2OC(C)(C)C3C2OC1C3C(C)(C)OC(C)=O)C(F)(F)F. The summed E-state index contributed by atoms with van der Waals surface area (Å²) in [7, 11) is 0. The van der Waals surface area contributed by atoms with E-state index in [4.69, 9.17) is 18.9 Å². The first-order valence-corrected chi connectivity index (χ1v) is 8.67. The van der Waals surface area contributed by atoms with Gasteiger partial charge < -0.3 is 18.9 Å². The standard InChI is InChI=1S/C18H23F3O6/c1-7(18(19,20)21)15(23)25-13-11-9(16(3,4)26-8(2)22)10-12(24-11)14(13)27-17(10,5)6/h9-14H,1H2,2-6H3. The highest BCUT2D eigenvalue weighted by molar-refractivity contribution is 5.89. The van der Waals surface area contributed by atoms with Crippen LogP contribution in [0.25, 0.3) is 0 Å². The molecule has 6 unspecified atom stereocenters. The molecule has 27 heavy (non-hydrogen) atoms. The number of rotatable bonds is 4. The molecule has 0 amide bonds. The summed E-state index contributed by atoms with van der Waals surface area (Å²) >= 11 is 0. The number of halogens is 3. The Balaban J connectivity index is 1.90. The van der Waals surface area contributed by atoms with Crippen molar-refractivity contribution < 1.29 is 41.7 Å². The van der Waals surface area contributed by atoms with Crippen LogP contribution in [0.4, 0.5) is 13.2 Å². The van der Waals surface area contributed by atoms with E-state index in [0.29, 0.717) is 0 Å². The number of carbonyl (C=O) groups is 2. The van der Waals surface area contributed by atoms with Gasteiger partial charge in [-0.3, -0.25) is 4.79 Å². The number of carbonyl (C=O) groups excluding carboxylic acids is 2. The predicted octanol–water partition coefficient (Wildman–Crippen LogP) is 2.55. The molecule has 2 bridgehead atoms. The lowest BCUT2D eigenvalue weighted by molar-refractivity contribution is -0.173. The first-order chi connectivity index (χ1) is 12.2. The van der Waals surface area contributed by atoms with Gasteiger partial charge in [-0.15, -0.1) is 0 Å². The molecule has 0 aliphatic carbocycles. The molecule has 152 valence electrons. The number of alkyl halides is 3. The lowest BCUT2D eigenvalue weighted by Crippen LogP contribution is -2.54. The average Bonchev–Trinajstić information content (AvgIpc) is 3.06. The zero-order chi connectivity index (χ0) is 20.5. The molecule has 3 fully saturated rings. The first-order valence-electron chi connectivity index (χ1n) is 8.67. The highest BCUT2D eigenvalue weighted by atomic mass is 19.4. The highest BCUT2D eigenvalue weighted by Gasteiger charge is 2.73. The molecular formula is C18H23F3O6. The monoisotopic (exact) mass is 392 g/mol. The van der Waals surface area contributed by atoms with E-state index in [1.165, 1.54) is 6.92 Å². The van der Waals surface area contributed by atoms with Crippen molar-refractivity contribution >= 4 is 11.9 Å². The summed E-state index contributed by atoms with van der Waals surface area (Å²) in [5.41, 5.74) is -3.26. The van der Waals surface area contributed by atoms with E-state index < -0.39 is 65.2 Å². The van der Waals surface area contributed by atoms with E-state index in [1.807, 2.05) is 13.8 Å². The molecule has 3 rings (SSSR count). The summed E-state index contributed by atoms with van der Waals surface area (Å²) in [6, 6.07) is 0. The van der Waals surface area contributed by atoms with Gasteiger partial charge in [0.05, 0.1) is 11.7 Å². The van der Waals surface area contributed by atoms with Crippen LogP contribution in [0.15, 0.2) is 12.2 Å². The van der Waals surface area contributed by atoms with Crippen LogP contribution in [0.5, 0.6) is 0 Å². The zero-order valence-electron chi connectivity index (χ0n) is 15.8. The van der Waals surface area contributed by atoms with Gasteiger partial charge in [0.1, 0.15) is 23.4 Å². The Morgan fingerprint density at radius 1 is 1.11 bits per heavy atom. The maximum atomic E-state index is 12.8. The van der Waals surface area contributed by atoms with Gasteiger partial charge in [0.15, 0.2) is 6.10 Å². The fourth-order valence-corrected chi connectivity index (χ4v) is 4.80. The number of fused-ring (bicyclic) bond motifs is 1. The Bertz CT molecular complexity index is 683. The lowest BCUT2D eigenvalue weighted by Gasteiger charge is -2.41. The molecule has 0 saturated carbocycles. The molecule has 0 aromatic rings. The topological polar surface area (TPSA) is 71.1 Å². The summed E-state index contributed by atoms with van der Waals surface area (Å²) in [5.74, 6) is -2.63. The second kappa shape index (κ2) is 5.94. The summed E-state index contributed by atoms with van der Waals surface area (Å²) in [6.45, 7) is 11.1. The predicted molar refractivity (Wildman–Crippen MR) is 85.5 cm³/mol. The number of ether oxygens (including phenoxy) is 4. The third-order valence-electron chi connectivity index (χ3n) is 5.66. The van der Waals surface area contributed by atoms with Crippen molar-refractivity contribution in [2.75, 3.05) is 0 Å². The molecule has 0 aromatic heterocycles. The van der Waals surface area contributed by atoms with E-state index in [9.17, 15) is 22.8 Å². The van der Waals surface area contributed by atoms with Crippen molar-refractivity contribution in [3.63, 3.8) is 0 Å². The summed E-state index contributed by atoms with van der Waals surface area (Å²) < 4.78 is 60.8. The van der Waals surface area contributed by atoms with Gasteiger partial charge in [-0.1, -0.05) is 6.58 Å². The third-order valence-corrected chi connectivity index (χ3v) is 5.66. The Morgan fingerprint density at radius 3 is 2.22 bits per heavy atom. The van der Waals surface area contributed by atoms with E-state index in [1.54, 1.807) is 13.8 Å². The fourth-order valence-electron chi connectivity index (χ4n) is 4.80. The van der Waals surface area contributed by atoms with Crippen LogP contribution in [-0.2, 0) is 28.5 Å². The van der Waals surface area contributed by atoms with E-state index >= 15 is 0 Å². The zero-order valence-corrected chi connectivity index (χ0v) is 15.8. The Morgan fingerprint density at radius 2 is 1.70 bits per heavy atom. The summed E-state index contributed by atoms with van der Waals surface area (Å²) in [4.78, 5) is 23.5. The molecule has 3 aliphatic heterocycles. The Hall–Kier alpha value is -1.61. The number of hydrogen-bond donors (Lipinski definition) is 0. The van der Waals surface area contributed by atoms with E-state index in [-0.39, 0.29) is 5.92 Å². The van der Waals surface area contributed by atoms with Crippen LogP contribution < -0.4 is 0 Å². The minimum Gasteiger partial charge on any atom is -0.459 e. The second-order valence-electron chi connectivity index (χ2n) is 8.35. The van der Waals surface area contributed by atoms with Gasteiger partial charge in [0, 0.05) is 18.8 Å². The van der Waals surface area contributed by atoms with E-state index in [2.05, 4.69) is 6.58 Å². The average molecular weight is 392 g/mol. The van der Waals surface area contributed by atoms with Gasteiger partial charge >= 0.3 is 18.1 Å². The minimum absolute atomic E-state index is 0.164. The Labute approximate surface area is 155 Å². The molecule has 0 radical (unpaired) electrons. The third kappa shape index (κ3) is 3.14. The largest absolute Gasteiger partial charge is 0.459 e. The fraction of sp³-hybridized carbons (Fsp3) is 0.778. The summed E-state index contributed by atoms with van der Waals surface area (Å²) in [6.07, 6.45) is -7.80. The normalized spacial score (nSPS) is 36.6.